The number of methoxy groups -OCH3 is 1. The Morgan fingerprint density at radius 1 is 1.05 bits per heavy atom. The van der Waals surface area contributed by atoms with Crippen molar-refractivity contribution in [3.63, 3.8) is 0 Å². The maximum atomic E-state index is 11.9. The van der Waals surface area contributed by atoms with E-state index < -0.39 is 0 Å². The van der Waals surface area contributed by atoms with E-state index in [1.807, 2.05) is 30.3 Å². The third-order valence-corrected chi connectivity index (χ3v) is 3.81. The van der Waals surface area contributed by atoms with E-state index >= 15 is 0 Å². The van der Waals surface area contributed by atoms with Crippen LogP contribution in [-0.2, 0) is 0 Å². The molecule has 0 radical (unpaired) electrons. The molecule has 1 unspecified atom stereocenters. The van der Waals surface area contributed by atoms with Crippen LogP contribution in [0.1, 0.15) is 40.2 Å². The minimum Gasteiger partial charge on any atom is -0.497 e. The van der Waals surface area contributed by atoms with Crippen molar-refractivity contribution < 1.29 is 9.53 Å². The molecule has 0 heterocycles. The van der Waals surface area contributed by atoms with Crippen LogP contribution in [-0.4, -0.2) is 12.9 Å². The summed E-state index contributed by atoms with van der Waals surface area (Å²) in [6.45, 7) is 0. The zero-order valence-electron chi connectivity index (χ0n) is 10.9. The van der Waals surface area contributed by atoms with Crippen LogP contribution in [0.4, 0.5) is 0 Å². The highest BCUT2D eigenvalue weighted by atomic mass is 16.5. The van der Waals surface area contributed by atoms with Gasteiger partial charge >= 0.3 is 0 Å². The van der Waals surface area contributed by atoms with Crippen LogP contribution in [0.25, 0.3) is 0 Å². The van der Waals surface area contributed by atoms with Gasteiger partial charge in [0.25, 0.3) is 0 Å². The number of hydrogen-bond acceptors (Lipinski definition) is 2. The van der Waals surface area contributed by atoms with Gasteiger partial charge in [0.1, 0.15) is 5.75 Å². The van der Waals surface area contributed by atoms with Gasteiger partial charge in [-0.05, 0) is 29.7 Å². The number of benzene rings is 2. The molecule has 2 aromatic carbocycles. The summed E-state index contributed by atoms with van der Waals surface area (Å²) >= 11 is 0. The third-order valence-electron chi connectivity index (χ3n) is 3.81. The van der Waals surface area contributed by atoms with Crippen LogP contribution in [0.15, 0.2) is 48.5 Å². The molecule has 1 aliphatic carbocycles. The van der Waals surface area contributed by atoms with Crippen LogP contribution < -0.4 is 4.74 Å². The molecule has 0 N–H and O–H groups in total. The van der Waals surface area contributed by atoms with E-state index in [2.05, 4.69) is 18.2 Å². The summed E-state index contributed by atoms with van der Waals surface area (Å²) in [5, 5.41) is 0. The Morgan fingerprint density at radius 3 is 2.53 bits per heavy atom. The van der Waals surface area contributed by atoms with Crippen LogP contribution in [0.2, 0.25) is 0 Å². The number of Topliss-reactive ketones (excluding diaryl/α,β-unsaturated/α-hetero) is 1. The predicted molar refractivity (Wildman–Crippen MR) is 74.8 cm³/mol. The molecule has 2 heteroatoms. The Kier molecular flexibility index (Phi) is 3.08. The molecule has 19 heavy (non-hydrogen) atoms. The summed E-state index contributed by atoms with van der Waals surface area (Å²) < 4.78 is 5.19. The zero-order chi connectivity index (χ0) is 13.2. The maximum absolute atomic E-state index is 11.9. The molecule has 0 saturated carbocycles. The first-order valence-electron chi connectivity index (χ1n) is 6.55. The summed E-state index contributed by atoms with van der Waals surface area (Å²) in [6, 6.07) is 16.1. The summed E-state index contributed by atoms with van der Waals surface area (Å²) in [5.74, 6) is 1.45. The smallest absolute Gasteiger partial charge is 0.163 e. The van der Waals surface area contributed by atoms with Crippen LogP contribution in [0.3, 0.4) is 0 Å². The monoisotopic (exact) mass is 252 g/mol. The van der Waals surface area contributed by atoms with Crippen LogP contribution in [0, 0.1) is 0 Å². The SMILES string of the molecule is COc1ccc(C2CCC(=O)c3ccccc32)cc1. The van der Waals surface area contributed by atoms with E-state index in [-0.39, 0.29) is 5.78 Å². The van der Waals surface area contributed by atoms with Crippen molar-refractivity contribution >= 4 is 5.78 Å². The third kappa shape index (κ3) is 2.14. The molecule has 3 rings (SSSR count). The second-order valence-electron chi connectivity index (χ2n) is 4.87. The van der Waals surface area contributed by atoms with Crippen molar-refractivity contribution in [3.8, 4) is 5.75 Å². The van der Waals surface area contributed by atoms with Gasteiger partial charge in [-0.3, -0.25) is 4.79 Å². The number of ether oxygens (including phenoxy) is 1. The average molecular weight is 252 g/mol. The van der Waals surface area contributed by atoms with E-state index in [1.54, 1.807) is 7.11 Å². The molecule has 96 valence electrons. The number of rotatable bonds is 2. The second-order valence-corrected chi connectivity index (χ2v) is 4.87. The fraction of sp³-hybridized carbons (Fsp3) is 0.235. The lowest BCUT2D eigenvalue weighted by molar-refractivity contribution is 0.0969. The van der Waals surface area contributed by atoms with Crippen molar-refractivity contribution in [1.82, 2.24) is 0 Å². The van der Waals surface area contributed by atoms with E-state index in [0.29, 0.717) is 12.3 Å². The van der Waals surface area contributed by atoms with E-state index in [4.69, 9.17) is 4.74 Å². The number of ketones is 1. The molecule has 1 atom stereocenters. The van der Waals surface area contributed by atoms with Crippen molar-refractivity contribution in [2.45, 2.75) is 18.8 Å². The Labute approximate surface area is 113 Å². The van der Waals surface area contributed by atoms with E-state index in [1.165, 1.54) is 5.56 Å². The van der Waals surface area contributed by atoms with Gasteiger partial charge in [-0.1, -0.05) is 36.4 Å². The zero-order valence-corrected chi connectivity index (χ0v) is 10.9. The van der Waals surface area contributed by atoms with Gasteiger partial charge in [-0.2, -0.15) is 0 Å². The summed E-state index contributed by atoms with van der Waals surface area (Å²) in [4.78, 5) is 11.9. The van der Waals surface area contributed by atoms with Gasteiger partial charge in [-0.25, -0.2) is 0 Å². The first-order chi connectivity index (χ1) is 9.29. The topological polar surface area (TPSA) is 26.3 Å². The molecule has 0 aliphatic heterocycles. The number of hydrogen-bond donors (Lipinski definition) is 0. The van der Waals surface area contributed by atoms with Crippen LogP contribution in [0.5, 0.6) is 5.75 Å². The van der Waals surface area contributed by atoms with Gasteiger partial charge in [0.15, 0.2) is 5.78 Å². The molecular formula is C17H16O2. The maximum Gasteiger partial charge on any atom is 0.163 e. The fourth-order valence-corrected chi connectivity index (χ4v) is 2.80. The largest absolute Gasteiger partial charge is 0.497 e. The van der Waals surface area contributed by atoms with Gasteiger partial charge in [-0.15, -0.1) is 0 Å². The van der Waals surface area contributed by atoms with Crippen LogP contribution >= 0.6 is 0 Å². The molecule has 0 saturated heterocycles. The highest BCUT2D eigenvalue weighted by Crippen LogP contribution is 2.36. The van der Waals surface area contributed by atoms with Crippen molar-refractivity contribution in [2.24, 2.45) is 0 Å². The van der Waals surface area contributed by atoms with Gasteiger partial charge < -0.3 is 4.74 Å². The fourth-order valence-electron chi connectivity index (χ4n) is 2.80. The normalized spacial score (nSPS) is 17.9. The standard InChI is InChI=1S/C17H16O2/c1-19-13-8-6-12(7-9-13)14-10-11-17(18)16-5-3-2-4-15(14)16/h2-9,14H,10-11H2,1H3. The summed E-state index contributed by atoms with van der Waals surface area (Å²) in [7, 11) is 1.67. The lowest BCUT2D eigenvalue weighted by Gasteiger charge is -2.25. The molecule has 2 nitrogen and oxygen atoms in total. The molecule has 0 fully saturated rings. The van der Waals surface area contributed by atoms with E-state index in [9.17, 15) is 4.79 Å². The first kappa shape index (κ1) is 12.0. The quantitative estimate of drug-likeness (QED) is 0.812. The minimum absolute atomic E-state index is 0.264. The summed E-state index contributed by atoms with van der Waals surface area (Å²) in [5.41, 5.74) is 3.29. The van der Waals surface area contributed by atoms with Gasteiger partial charge in [0.2, 0.25) is 0 Å². The Hall–Kier alpha value is -2.09. The second kappa shape index (κ2) is 4.88. The molecular weight excluding hydrogens is 236 g/mol. The molecule has 1 aliphatic rings. The summed E-state index contributed by atoms with van der Waals surface area (Å²) in [6.07, 6.45) is 1.52. The average Bonchev–Trinajstić information content (AvgIpc) is 2.48. The number of fused-ring (bicyclic) bond motifs is 1. The predicted octanol–water partition coefficient (Wildman–Crippen LogP) is 3.80. The Bertz CT molecular complexity index is 599. The highest BCUT2D eigenvalue weighted by Gasteiger charge is 2.26. The molecule has 0 aromatic heterocycles. The molecule has 2 aromatic rings. The Balaban J connectivity index is 2.01. The van der Waals surface area contributed by atoms with E-state index in [0.717, 1.165) is 23.3 Å². The highest BCUT2D eigenvalue weighted by molar-refractivity contribution is 5.99. The number of carbonyl (C=O) groups is 1. The first-order valence-corrected chi connectivity index (χ1v) is 6.55. The molecule has 0 bridgehead atoms. The van der Waals surface area contributed by atoms with Crippen molar-refractivity contribution in [3.05, 3.63) is 65.2 Å². The van der Waals surface area contributed by atoms with Gasteiger partial charge in [0.05, 0.1) is 7.11 Å². The molecule has 0 spiro atoms. The Morgan fingerprint density at radius 2 is 1.79 bits per heavy atom. The minimum atomic E-state index is 0.264. The number of carbonyl (C=O) groups excluding carboxylic acids is 1. The van der Waals surface area contributed by atoms with Crippen molar-refractivity contribution in [2.75, 3.05) is 7.11 Å². The lowest BCUT2D eigenvalue weighted by atomic mass is 9.78. The molecule has 0 amide bonds. The van der Waals surface area contributed by atoms with Crippen molar-refractivity contribution in [1.29, 1.82) is 0 Å². The van der Waals surface area contributed by atoms with Gasteiger partial charge in [0, 0.05) is 17.9 Å². The lowest BCUT2D eigenvalue weighted by Crippen LogP contribution is -2.16.